The first-order valence-corrected chi connectivity index (χ1v) is 6.86. The molecule has 0 saturated heterocycles. The van der Waals surface area contributed by atoms with Crippen LogP contribution < -0.4 is 5.32 Å². The number of amides is 1. The molecule has 1 N–H and O–H groups in total. The van der Waals surface area contributed by atoms with Crippen molar-refractivity contribution in [1.82, 2.24) is 5.32 Å². The van der Waals surface area contributed by atoms with Crippen molar-refractivity contribution in [2.24, 2.45) is 0 Å². The summed E-state index contributed by atoms with van der Waals surface area (Å²) in [7, 11) is 0. The quantitative estimate of drug-likeness (QED) is 0.907. The first-order valence-electron chi connectivity index (χ1n) is 4.68. The van der Waals surface area contributed by atoms with E-state index in [0.29, 0.717) is 10.2 Å². The number of halogens is 1. The van der Waals surface area contributed by atoms with Crippen molar-refractivity contribution in [2.45, 2.75) is 19.4 Å². The summed E-state index contributed by atoms with van der Waals surface area (Å²) >= 11 is 4.96. The third-order valence-electron chi connectivity index (χ3n) is 2.00. The Morgan fingerprint density at radius 1 is 1.73 bits per heavy atom. The number of thioether (sulfide) groups is 1. The van der Waals surface area contributed by atoms with Crippen LogP contribution in [0.15, 0.2) is 21.4 Å². The van der Waals surface area contributed by atoms with Gasteiger partial charge in [0.1, 0.15) is 0 Å². The highest BCUT2D eigenvalue weighted by Crippen LogP contribution is 2.17. The van der Waals surface area contributed by atoms with E-state index in [0.717, 1.165) is 12.2 Å². The van der Waals surface area contributed by atoms with Crippen molar-refractivity contribution < 1.29 is 9.21 Å². The fourth-order valence-electron chi connectivity index (χ4n) is 1.12. The van der Waals surface area contributed by atoms with Gasteiger partial charge in [0.25, 0.3) is 5.91 Å². The lowest BCUT2D eigenvalue weighted by Crippen LogP contribution is -2.32. The number of rotatable bonds is 5. The summed E-state index contributed by atoms with van der Waals surface area (Å²) < 4.78 is 5.48. The molecule has 0 spiro atoms. The van der Waals surface area contributed by atoms with Gasteiger partial charge in [-0.2, -0.15) is 11.8 Å². The zero-order valence-corrected chi connectivity index (χ0v) is 11.2. The van der Waals surface area contributed by atoms with Crippen LogP contribution in [0.4, 0.5) is 0 Å². The van der Waals surface area contributed by atoms with E-state index < -0.39 is 0 Å². The van der Waals surface area contributed by atoms with E-state index in [2.05, 4.69) is 27.5 Å². The summed E-state index contributed by atoms with van der Waals surface area (Å²) in [5, 5.41) is 2.92. The van der Waals surface area contributed by atoms with Crippen molar-refractivity contribution in [1.29, 1.82) is 0 Å². The lowest BCUT2D eigenvalue weighted by atomic mass is 10.2. The van der Waals surface area contributed by atoms with Crippen LogP contribution in [0.3, 0.4) is 0 Å². The fraction of sp³-hybridized carbons (Fsp3) is 0.500. The van der Waals surface area contributed by atoms with Gasteiger partial charge in [-0.15, -0.1) is 0 Å². The highest BCUT2D eigenvalue weighted by Gasteiger charge is 2.14. The van der Waals surface area contributed by atoms with Crippen molar-refractivity contribution in [3.8, 4) is 0 Å². The zero-order valence-electron chi connectivity index (χ0n) is 8.75. The number of carbonyl (C=O) groups excluding carboxylic acids is 1. The van der Waals surface area contributed by atoms with Crippen molar-refractivity contribution >= 4 is 33.6 Å². The lowest BCUT2D eigenvalue weighted by molar-refractivity contribution is 0.0938. The van der Waals surface area contributed by atoms with Gasteiger partial charge in [-0.3, -0.25) is 4.79 Å². The molecule has 0 saturated carbocycles. The molecule has 1 unspecified atom stereocenters. The summed E-state index contributed by atoms with van der Waals surface area (Å²) in [6, 6.07) is 1.84. The van der Waals surface area contributed by atoms with Gasteiger partial charge >= 0.3 is 0 Å². The van der Waals surface area contributed by atoms with Gasteiger partial charge in [-0.1, -0.05) is 0 Å². The molecule has 1 aromatic rings. The smallest absolute Gasteiger partial charge is 0.255 e. The molecule has 3 nitrogen and oxygen atoms in total. The molecule has 0 radical (unpaired) electrons. The van der Waals surface area contributed by atoms with Gasteiger partial charge in [-0.25, -0.2) is 0 Å². The third-order valence-corrected chi connectivity index (χ3v) is 3.25. The van der Waals surface area contributed by atoms with Gasteiger partial charge < -0.3 is 9.73 Å². The van der Waals surface area contributed by atoms with Crippen LogP contribution >= 0.6 is 27.7 Å². The van der Waals surface area contributed by atoms with Gasteiger partial charge in [0.05, 0.1) is 11.8 Å². The monoisotopic (exact) mass is 291 g/mol. The minimum absolute atomic E-state index is 0.0933. The van der Waals surface area contributed by atoms with Crippen LogP contribution in [-0.2, 0) is 0 Å². The Labute approximate surface area is 102 Å². The van der Waals surface area contributed by atoms with Crippen LogP contribution in [0.25, 0.3) is 0 Å². The first kappa shape index (κ1) is 12.6. The Bertz CT molecular complexity index is 327. The van der Waals surface area contributed by atoms with E-state index in [-0.39, 0.29) is 11.9 Å². The van der Waals surface area contributed by atoms with Crippen molar-refractivity contribution in [2.75, 3.05) is 12.0 Å². The second-order valence-electron chi connectivity index (χ2n) is 3.26. The Balaban J connectivity index is 2.46. The first-order chi connectivity index (χ1) is 7.15. The maximum Gasteiger partial charge on any atom is 0.255 e. The number of furan rings is 1. The average Bonchev–Trinajstić information content (AvgIpc) is 2.61. The second kappa shape index (κ2) is 6.23. The van der Waals surface area contributed by atoms with E-state index in [1.807, 2.05) is 6.92 Å². The minimum atomic E-state index is -0.0933. The van der Waals surface area contributed by atoms with Crippen LogP contribution in [0, 0.1) is 0 Å². The van der Waals surface area contributed by atoms with E-state index in [1.54, 1.807) is 17.8 Å². The van der Waals surface area contributed by atoms with E-state index >= 15 is 0 Å². The van der Waals surface area contributed by atoms with Gasteiger partial charge in [0.15, 0.2) is 4.67 Å². The summed E-state index contributed by atoms with van der Waals surface area (Å²) in [5.41, 5.74) is 0.547. The SMILES string of the molecule is CSCCC(C)NC(=O)c1ccoc1Br. The Morgan fingerprint density at radius 3 is 3.00 bits per heavy atom. The molecule has 1 atom stereocenters. The molecule has 0 bridgehead atoms. The second-order valence-corrected chi connectivity index (χ2v) is 4.97. The minimum Gasteiger partial charge on any atom is -0.457 e. The van der Waals surface area contributed by atoms with E-state index in [1.165, 1.54) is 6.26 Å². The van der Waals surface area contributed by atoms with E-state index in [4.69, 9.17) is 4.42 Å². The van der Waals surface area contributed by atoms with Crippen LogP contribution in [-0.4, -0.2) is 24.0 Å². The lowest BCUT2D eigenvalue weighted by Gasteiger charge is -2.12. The zero-order chi connectivity index (χ0) is 11.3. The fourth-order valence-corrected chi connectivity index (χ4v) is 2.13. The molecule has 0 aliphatic carbocycles. The Morgan fingerprint density at radius 2 is 2.47 bits per heavy atom. The molecule has 0 aliphatic heterocycles. The standard InChI is InChI=1S/C10H14BrNO2S/c1-7(4-6-15-2)12-10(13)8-3-5-14-9(8)11/h3,5,7H,4,6H2,1-2H3,(H,12,13). The molecule has 0 fully saturated rings. The van der Waals surface area contributed by atoms with Gasteiger partial charge in [-0.05, 0) is 47.3 Å². The maximum absolute atomic E-state index is 11.7. The molecule has 1 amide bonds. The van der Waals surface area contributed by atoms with Crippen LogP contribution in [0.1, 0.15) is 23.7 Å². The summed E-state index contributed by atoms with van der Waals surface area (Å²) in [6.45, 7) is 2.00. The Hall–Kier alpha value is -0.420. The molecule has 1 rings (SSSR count). The Kier molecular flexibility index (Phi) is 5.25. The molecular formula is C10H14BrNO2S. The predicted octanol–water partition coefficient (Wildman–Crippen LogP) is 2.91. The largest absolute Gasteiger partial charge is 0.457 e. The molecular weight excluding hydrogens is 278 g/mol. The highest BCUT2D eigenvalue weighted by molar-refractivity contribution is 9.10. The average molecular weight is 292 g/mol. The van der Waals surface area contributed by atoms with Crippen LogP contribution in [0.5, 0.6) is 0 Å². The molecule has 1 aromatic heterocycles. The van der Waals surface area contributed by atoms with Crippen molar-refractivity contribution in [3.63, 3.8) is 0 Å². The van der Waals surface area contributed by atoms with Crippen molar-refractivity contribution in [3.05, 3.63) is 22.6 Å². The van der Waals surface area contributed by atoms with Gasteiger partial charge in [0.2, 0.25) is 0 Å². The predicted molar refractivity (Wildman–Crippen MR) is 66.3 cm³/mol. The molecule has 84 valence electrons. The number of nitrogens with one attached hydrogen (secondary N) is 1. The summed E-state index contributed by atoms with van der Waals surface area (Å²) in [4.78, 5) is 11.7. The summed E-state index contributed by atoms with van der Waals surface area (Å²) in [6.07, 6.45) is 4.52. The third kappa shape index (κ3) is 3.91. The van der Waals surface area contributed by atoms with Gasteiger partial charge in [0, 0.05) is 6.04 Å². The normalized spacial score (nSPS) is 12.5. The van der Waals surface area contributed by atoms with E-state index in [9.17, 15) is 4.79 Å². The summed E-state index contributed by atoms with van der Waals surface area (Å²) in [5.74, 6) is 0.956. The molecule has 1 heterocycles. The number of carbonyl (C=O) groups is 1. The molecule has 0 aliphatic rings. The van der Waals surface area contributed by atoms with Crippen LogP contribution in [0.2, 0.25) is 0 Å². The number of hydrogen-bond acceptors (Lipinski definition) is 3. The topological polar surface area (TPSA) is 42.2 Å². The maximum atomic E-state index is 11.7. The number of hydrogen-bond donors (Lipinski definition) is 1. The molecule has 0 aromatic carbocycles. The highest BCUT2D eigenvalue weighted by atomic mass is 79.9. The molecule has 15 heavy (non-hydrogen) atoms. The molecule has 5 heteroatoms.